The van der Waals surface area contributed by atoms with E-state index >= 15 is 0 Å². The van der Waals surface area contributed by atoms with Gasteiger partial charge in [-0.2, -0.15) is 0 Å². The van der Waals surface area contributed by atoms with Crippen LogP contribution in [0.1, 0.15) is 50.5 Å². The van der Waals surface area contributed by atoms with Gasteiger partial charge in [0.05, 0.1) is 18.8 Å². The highest BCUT2D eigenvalue weighted by molar-refractivity contribution is 5.90. The summed E-state index contributed by atoms with van der Waals surface area (Å²) in [4.78, 5) is 11.9. The molecule has 0 atom stereocenters. The molecule has 3 nitrogen and oxygen atoms in total. The van der Waals surface area contributed by atoms with E-state index in [1.165, 1.54) is 0 Å². The molecule has 0 spiro atoms. The molecule has 0 saturated carbocycles. The SMILES string of the molecule is COc1ccc(C(=O)OC(C)C)cc1C(C)(C)C. The quantitative estimate of drug-likeness (QED) is 0.769. The molecule has 3 heteroatoms. The van der Waals surface area contributed by atoms with Crippen molar-refractivity contribution in [3.63, 3.8) is 0 Å². The van der Waals surface area contributed by atoms with E-state index in [9.17, 15) is 4.79 Å². The standard InChI is InChI=1S/C15H22O3/c1-10(2)18-14(16)11-7-8-13(17-6)12(9-11)15(3,4)5/h7-10H,1-6H3. The zero-order chi connectivity index (χ0) is 13.9. The molecule has 0 fully saturated rings. The van der Waals surface area contributed by atoms with Crippen molar-refractivity contribution in [1.29, 1.82) is 0 Å². The summed E-state index contributed by atoms with van der Waals surface area (Å²) in [6, 6.07) is 5.40. The van der Waals surface area contributed by atoms with Crippen LogP contribution in [0.2, 0.25) is 0 Å². The Bertz CT molecular complexity index is 428. The van der Waals surface area contributed by atoms with E-state index in [1.54, 1.807) is 13.2 Å². The minimum absolute atomic E-state index is 0.0839. The van der Waals surface area contributed by atoms with Crippen LogP contribution in [-0.2, 0) is 10.2 Å². The molecule has 0 saturated heterocycles. The normalized spacial score (nSPS) is 11.5. The van der Waals surface area contributed by atoms with Crippen LogP contribution in [0, 0.1) is 0 Å². The second-order valence-electron chi connectivity index (χ2n) is 5.62. The van der Waals surface area contributed by atoms with Crippen molar-refractivity contribution in [2.24, 2.45) is 0 Å². The summed E-state index contributed by atoms with van der Waals surface area (Å²) in [6.45, 7) is 9.94. The third-order valence-corrected chi connectivity index (χ3v) is 2.59. The van der Waals surface area contributed by atoms with Gasteiger partial charge < -0.3 is 9.47 Å². The van der Waals surface area contributed by atoms with Gasteiger partial charge in [0.25, 0.3) is 0 Å². The Morgan fingerprint density at radius 3 is 2.28 bits per heavy atom. The topological polar surface area (TPSA) is 35.5 Å². The average molecular weight is 250 g/mol. The predicted octanol–water partition coefficient (Wildman–Crippen LogP) is 3.56. The highest BCUT2D eigenvalue weighted by Gasteiger charge is 2.21. The number of methoxy groups -OCH3 is 1. The largest absolute Gasteiger partial charge is 0.496 e. The predicted molar refractivity (Wildman–Crippen MR) is 72.2 cm³/mol. The summed E-state index contributed by atoms with van der Waals surface area (Å²) < 4.78 is 10.5. The number of ether oxygens (including phenoxy) is 2. The lowest BCUT2D eigenvalue weighted by atomic mass is 9.85. The summed E-state index contributed by atoms with van der Waals surface area (Å²) in [5.41, 5.74) is 1.48. The Labute approximate surface area is 109 Å². The average Bonchev–Trinajstić information content (AvgIpc) is 2.26. The molecule has 0 unspecified atom stereocenters. The van der Waals surface area contributed by atoms with Crippen LogP contribution in [0.5, 0.6) is 5.75 Å². The van der Waals surface area contributed by atoms with Crippen LogP contribution < -0.4 is 4.74 Å². The van der Waals surface area contributed by atoms with E-state index < -0.39 is 0 Å². The molecule has 1 aromatic carbocycles. The van der Waals surface area contributed by atoms with Gasteiger partial charge >= 0.3 is 5.97 Å². The smallest absolute Gasteiger partial charge is 0.338 e. The van der Waals surface area contributed by atoms with Crippen molar-refractivity contribution >= 4 is 5.97 Å². The molecule has 0 aliphatic rings. The van der Waals surface area contributed by atoms with Gasteiger partial charge in [-0.15, -0.1) is 0 Å². The van der Waals surface area contributed by atoms with Gasteiger partial charge in [0, 0.05) is 5.56 Å². The van der Waals surface area contributed by atoms with Crippen molar-refractivity contribution in [3.05, 3.63) is 29.3 Å². The van der Waals surface area contributed by atoms with Gasteiger partial charge in [0.15, 0.2) is 0 Å². The lowest BCUT2D eigenvalue weighted by molar-refractivity contribution is 0.0377. The molecule has 0 aliphatic heterocycles. The van der Waals surface area contributed by atoms with Crippen molar-refractivity contribution in [2.75, 3.05) is 7.11 Å². The fourth-order valence-electron chi connectivity index (χ4n) is 1.70. The number of carbonyl (C=O) groups excluding carboxylic acids is 1. The molecule has 0 radical (unpaired) electrons. The number of hydrogen-bond donors (Lipinski definition) is 0. The van der Waals surface area contributed by atoms with Crippen molar-refractivity contribution in [2.45, 2.75) is 46.1 Å². The van der Waals surface area contributed by atoms with Crippen LogP contribution in [0.25, 0.3) is 0 Å². The van der Waals surface area contributed by atoms with E-state index in [0.29, 0.717) is 5.56 Å². The summed E-state index contributed by atoms with van der Waals surface area (Å²) in [5, 5.41) is 0. The molecule has 0 amide bonds. The second-order valence-corrected chi connectivity index (χ2v) is 5.62. The first-order valence-electron chi connectivity index (χ1n) is 6.15. The van der Waals surface area contributed by atoms with E-state index in [-0.39, 0.29) is 17.5 Å². The minimum atomic E-state index is -0.293. The monoisotopic (exact) mass is 250 g/mol. The fourth-order valence-corrected chi connectivity index (χ4v) is 1.70. The van der Waals surface area contributed by atoms with Crippen molar-refractivity contribution in [3.8, 4) is 5.75 Å². The summed E-state index contributed by atoms with van der Waals surface area (Å²) in [6.07, 6.45) is -0.113. The summed E-state index contributed by atoms with van der Waals surface area (Å²) in [5.74, 6) is 0.502. The van der Waals surface area contributed by atoms with Crippen LogP contribution in [0.3, 0.4) is 0 Å². The molecule has 100 valence electrons. The maximum atomic E-state index is 11.9. The molecule has 0 bridgehead atoms. The Balaban J connectivity index is 3.15. The minimum Gasteiger partial charge on any atom is -0.496 e. The van der Waals surface area contributed by atoms with E-state index in [0.717, 1.165) is 11.3 Å². The van der Waals surface area contributed by atoms with Gasteiger partial charge in [-0.05, 0) is 37.5 Å². The Hall–Kier alpha value is -1.51. The Morgan fingerprint density at radius 2 is 1.83 bits per heavy atom. The lowest BCUT2D eigenvalue weighted by Gasteiger charge is -2.22. The molecule has 18 heavy (non-hydrogen) atoms. The third kappa shape index (κ3) is 3.49. The molecular weight excluding hydrogens is 228 g/mol. The number of carbonyl (C=O) groups is 1. The summed E-state index contributed by atoms with van der Waals surface area (Å²) in [7, 11) is 1.64. The Kier molecular flexibility index (Phi) is 4.38. The molecular formula is C15H22O3. The van der Waals surface area contributed by atoms with Gasteiger partial charge in [-0.3, -0.25) is 0 Å². The maximum Gasteiger partial charge on any atom is 0.338 e. The van der Waals surface area contributed by atoms with E-state index in [2.05, 4.69) is 20.8 Å². The number of rotatable bonds is 3. The van der Waals surface area contributed by atoms with Crippen molar-refractivity contribution < 1.29 is 14.3 Å². The first-order valence-corrected chi connectivity index (χ1v) is 6.15. The molecule has 0 aliphatic carbocycles. The number of hydrogen-bond acceptors (Lipinski definition) is 3. The third-order valence-electron chi connectivity index (χ3n) is 2.59. The summed E-state index contributed by atoms with van der Waals surface area (Å²) >= 11 is 0. The first kappa shape index (κ1) is 14.6. The fraction of sp³-hybridized carbons (Fsp3) is 0.533. The zero-order valence-electron chi connectivity index (χ0n) is 12.0. The molecule has 1 rings (SSSR count). The van der Waals surface area contributed by atoms with E-state index in [1.807, 2.05) is 26.0 Å². The second kappa shape index (κ2) is 5.42. The number of esters is 1. The number of benzene rings is 1. The van der Waals surface area contributed by atoms with Gasteiger partial charge in [-0.1, -0.05) is 20.8 Å². The molecule has 0 heterocycles. The van der Waals surface area contributed by atoms with Gasteiger partial charge in [0.2, 0.25) is 0 Å². The first-order chi connectivity index (χ1) is 8.25. The van der Waals surface area contributed by atoms with Crippen LogP contribution in [0.15, 0.2) is 18.2 Å². The van der Waals surface area contributed by atoms with Crippen LogP contribution in [-0.4, -0.2) is 19.2 Å². The molecule has 0 N–H and O–H groups in total. The zero-order valence-corrected chi connectivity index (χ0v) is 12.0. The van der Waals surface area contributed by atoms with Crippen LogP contribution >= 0.6 is 0 Å². The lowest BCUT2D eigenvalue weighted by Crippen LogP contribution is -2.16. The Morgan fingerprint density at radius 1 is 1.22 bits per heavy atom. The van der Waals surface area contributed by atoms with E-state index in [4.69, 9.17) is 9.47 Å². The molecule has 0 aromatic heterocycles. The molecule has 1 aromatic rings. The van der Waals surface area contributed by atoms with Gasteiger partial charge in [0.1, 0.15) is 5.75 Å². The maximum absolute atomic E-state index is 11.9. The van der Waals surface area contributed by atoms with Crippen molar-refractivity contribution in [1.82, 2.24) is 0 Å². The highest BCUT2D eigenvalue weighted by atomic mass is 16.5. The van der Waals surface area contributed by atoms with Gasteiger partial charge in [-0.25, -0.2) is 4.79 Å². The van der Waals surface area contributed by atoms with Crippen LogP contribution in [0.4, 0.5) is 0 Å². The highest BCUT2D eigenvalue weighted by Crippen LogP contribution is 2.32.